The third-order valence-electron chi connectivity index (χ3n) is 3.51. The summed E-state index contributed by atoms with van der Waals surface area (Å²) in [6.07, 6.45) is 2.48. The van der Waals surface area contributed by atoms with Crippen LogP contribution in [0.25, 0.3) is 10.8 Å². The summed E-state index contributed by atoms with van der Waals surface area (Å²) in [5.74, 6) is 0.273. The van der Waals surface area contributed by atoms with Gasteiger partial charge < -0.3 is 15.8 Å². The Bertz CT molecular complexity index is 635. The molecule has 0 heterocycles. The molecule has 20 heavy (non-hydrogen) atoms. The maximum Gasteiger partial charge on any atom is 0.255 e. The smallest absolute Gasteiger partial charge is 0.255 e. The second kappa shape index (κ2) is 5.51. The lowest BCUT2D eigenvalue weighted by molar-refractivity contribution is -0.119. The van der Waals surface area contributed by atoms with E-state index in [1.807, 2.05) is 24.3 Å². The van der Waals surface area contributed by atoms with E-state index >= 15 is 0 Å². The number of fused-ring (bicyclic) bond motifs is 1. The Morgan fingerprint density at radius 2 is 2.05 bits per heavy atom. The second-order valence-corrected chi connectivity index (χ2v) is 5.17. The molecule has 2 aromatic rings. The number of benzene rings is 2. The van der Waals surface area contributed by atoms with Crippen molar-refractivity contribution in [3.8, 4) is 5.75 Å². The third-order valence-corrected chi connectivity index (χ3v) is 3.51. The molecule has 0 aromatic heterocycles. The molecule has 2 aromatic carbocycles. The van der Waals surface area contributed by atoms with Gasteiger partial charge in [0.2, 0.25) is 0 Å². The molecule has 0 bridgehead atoms. The molecule has 104 valence electrons. The van der Waals surface area contributed by atoms with Gasteiger partial charge in [-0.05, 0) is 29.7 Å². The highest BCUT2D eigenvalue weighted by Crippen LogP contribution is 2.29. The van der Waals surface area contributed by atoms with Gasteiger partial charge in [-0.2, -0.15) is 0 Å². The Kier molecular flexibility index (Phi) is 3.56. The molecule has 0 atom stereocenters. The number of rotatable bonds is 6. The topological polar surface area (TPSA) is 64.4 Å². The molecule has 3 N–H and O–H groups in total. The van der Waals surface area contributed by atoms with Crippen molar-refractivity contribution >= 4 is 16.7 Å². The highest BCUT2D eigenvalue weighted by molar-refractivity contribution is 5.88. The fourth-order valence-electron chi connectivity index (χ4n) is 2.32. The fourth-order valence-corrected chi connectivity index (χ4v) is 2.32. The van der Waals surface area contributed by atoms with Crippen LogP contribution in [0.4, 0.5) is 0 Å². The van der Waals surface area contributed by atoms with E-state index in [1.54, 1.807) is 0 Å². The first-order chi connectivity index (χ1) is 9.74. The minimum absolute atomic E-state index is 0.0885. The molecule has 4 heteroatoms. The van der Waals surface area contributed by atoms with E-state index in [0.29, 0.717) is 6.04 Å². The van der Waals surface area contributed by atoms with Gasteiger partial charge in [0, 0.05) is 18.2 Å². The maximum absolute atomic E-state index is 10.9. The molecule has 3 rings (SSSR count). The Balaban J connectivity index is 1.93. The van der Waals surface area contributed by atoms with Gasteiger partial charge in [-0.1, -0.05) is 30.3 Å². The first-order valence-corrected chi connectivity index (χ1v) is 6.89. The molecular formula is C16H18N2O2. The van der Waals surface area contributed by atoms with Crippen LogP contribution in [0, 0.1) is 0 Å². The van der Waals surface area contributed by atoms with E-state index in [1.165, 1.54) is 18.2 Å². The van der Waals surface area contributed by atoms with E-state index in [-0.39, 0.29) is 6.61 Å². The summed E-state index contributed by atoms with van der Waals surface area (Å²) in [6, 6.07) is 12.7. The largest absolute Gasteiger partial charge is 0.483 e. The van der Waals surface area contributed by atoms with E-state index in [2.05, 4.69) is 17.4 Å². The van der Waals surface area contributed by atoms with Crippen LogP contribution in [0.1, 0.15) is 18.4 Å². The minimum Gasteiger partial charge on any atom is -0.483 e. The van der Waals surface area contributed by atoms with Crippen LogP contribution in [0.3, 0.4) is 0 Å². The van der Waals surface area contributed by atoms with Gasteiger partial charge in [0.15, 0.2) is 6.61 Å². The van der Waals surface area contributed by atoms with Gasteiger partial charge in [-0.25, -0.2) is 0 Å². The lowest BCUT2D eigenvalue weighted by Crippen LogP contribution is -2.21. The van der Waals surface area contributed by atoms with Crippen LogP contribution < -0.4 is 15.8 Å². The van der Waals surface area contributed by atoms with Crippen molar-refractivity contribution < 1.29 is 9.53 Å². The summed E-state index contributed by atoms with van der Waals surface area (Å²) in [4.78, 5) is 10.9. The third kappa shape index (κ3) is 2.91. The summed E-state index contributed by atoms with van der Waals surface area (Å²) in [5.41, 5.74) is 6.25. The number of nitrogens with two attached hydrogens (primary N) is 1. The molecule has 0 radical (unpaired) electrons. The van der Waals surface area contributed by atoms with Crippen LogP contribution >= 0.6 is 0 Å². The molecule has 4 nitrogen and oxygen atoms in total. The van der Waals surface area contributed by atoms with E-state index < -0.39 is 5.91 Å². The number of nitrogens with one attached hydrogen (secondary N) is 1. The number of amides is 1. The van der Waals surface area contributed by atoms with Gasteiger partial charge in [-0.15, -0.1) is 0 Å². The fraction of sp³-hybridized carbons (Fsp3) is 0.312. The van der Waals surface area contributed by atoms with Crippen molar-refractivity contribution in [3.63, 3.8) is 0 Å². The van der Waals surface area contributed by atoms with Crippen LogP contribution in [0.15, 0.2) is 36.4 Å². The summed E-state index contributed by atoms with van der Waals surface area (Å²) in [6.45, 7) is 0.662. The molecule has 0 spiro atoms. The van der Waals surface area contributed by atoms with E-state index in [0.717, 1.165) is 23.2 Å². The molecule has 0 saturated heterocycles. The first kappa shape index (κ1) is 12.9. The van der Waals surface area contributed by atoms with E-state index in [4.69, 9.17) is 10.5 Å². The normalized spacial score (nSPS) is 14.4. The number of carbonyl (C=O) groups is 1. The lowest BCUT2D eigenvalue weighted by Gasteiger charge is -2.14. The highest BCUT2D eigenvalue weighted by Gasteiger charge is 2.21. The average Bonchev–Trinajstić information content (AvgIpc) is 3.27. The van der Waals surface area contributed by atoms with Gasteiger partial charge in [0.25, 0.3) is 5.91 Å². The summed E-state index contributed by atoms with van der Waals surface area (Å²) >= 11 is 0. The maximum atomic E-state index is 10.9. The van der Waals surface area contributed by atoms with Crippen LogP contribution in [-0.2, 0) is 11.3 Å². The van der Waals surface area contributed by atoms with Gasteiger partial charge >= 0.3 is 0 Å². The van der Waals surface area contributed by atoms with Crippen LogP contribution in [-0.4, -0.2) is 18.6 Å². The van der Waals surface area contributed by atoms with Crippen molar-refractivity contribution in [2.75, 3.05) is 6.61 Å². The number of hydrogen-bond donors (Lipinski definition) is 2. The van der Waals surface area contributed by atoms with Crippen molar-refractivity contribution in [2.24, 2.45) is 5.73 Å². The highest BCUT2D eigenvalue weighted by atomic mass is 16.5. The van der Waals surface area contributed by atoms with Crippen LogP contribution in [0.5, 0.6) is 5.75 Å². The summed E-state index contributed by atoms with van der Waals surface area (Å²) in [7, 11) is 0. The Morgan fingerprint density at radius 1 is 1.25 bits per heavy atom. The zero-order valence-electron chi connectivity index (χ0n) is 11.3. The SMILES string of the molecule is NC(=O)COc1ccc2ccccc2c1CNC1CC1. The first-order valence-electron chi connectivity index (χ1n) is 6.89. The standard InChI is InChI=1S/C16H18N2O2/c17-16(19)10-20-15-8-5-11-3-1-2-4-13(11)14(15)9-18-12-6-7-12/h1-5,8,12,18H,6-7,9-10H2,(H2,17,19). The number of ether oxygens (including phenoxy) is 1. The molecule has 1 aliphatic carbocycles. The molecule has 1 fully saturated rings. The molecule has 1 aliphatic rings. The lowest BCUT2D eigenvalue weighted by atomic mass is 10.0. The Hall–Kier alpha value is -2.07. The predicted molar refractivity (Wildman–Crippen MR) is 78.5 cm³/mol. The van der Waals surface area contributed by atoms with E-state index in [9.17, 15) is 4.79 Å². The zero-order chi connectivity index (χ0) is 13.9. The molecule has 0 unspecified atom stereocenters. The predicted octanol–water partition coefficient (Wildman–Crippen LogP) is 1.96. The number of hydrogen-bond acceptors (Lipinski definition) is 3. The van der Waals surface area contributed by atoms with Gasteiger partial charge in [-0.3, -0.25) is 4.79 Å². The second-order valence-electron chi connectivity index (χ2n) is 5.17. The Labute approximate surface area is 117 Å². The van der Waals surface area contributed by atoms with Crippen molar-refractivity contribution in [2.45, 2.75) is 25.4 Å². The average molecular weight is 270 g/mol. The molecule has 1 saturated carbocycles. The zero-order valence-corrected chi connectivity index (χ0v) is 11.3. The monoisotopic (exact) mass is 270 g/mol. The number of primary amides is 1. The number of carbonyl (C=O) groups excluding carboxylic acids is 1. The van der Waals surface area contributed by atoms with Crippen molar-refractivity contribution in [3.05, 3.63) is 42.0 Å². The van der Waals surface area contributed by atoms with Gasteiger partial charge in [0.05, 0.1) is 0 Å². The van der Waals surface area contributed by atoms with Gasteiger partial charge in [0.1, 0.15) is 5.75 Å². The Morgan fingerprint density at radius 3 is 2.80 bits per heavy atom. The van der Waals surface area contributed by atoms with Crippen molar-refractivity contribution in [1.29, 1.82) is 0 Å². The molecule has 0 aliphatic heterocycles. The summed E-state index contributed by atoms with van der Waals surface area (Å²) < 4.78 is 5.54. The minimum atomic E-state index is -0.459. The van der Waals surface area contributed by atoms with Crippen LogP contribution in [0.2, 0.25) is 0 Å². The molecule has 1 amide bonds. The summed E-state index contributed by atoms with van der Waals surface area (Å²) in [5, 5.41) is 5.82. The quantitative estimate of drug-likeness (QED) is 0.843. The molecular weight excluding hydrogens is 252 g/mol. The van der Waals surface area contributed by atoms with Crippen molar-refractivity contribution in [1.82, 2.24) is 5.32 Å².